The molecule has 3 aromatic rings. The van der Waals surface area contributed by atoms with Gasteiger partial charge >= 0.3 is 6.09 Å². The summed E-state index contributed by atoms with van der Waals surface area (Å²) in [5, 5.41) is -1.27. The minimum Gasteiger partial charge on any atom is -0.497 e. The van der Waals surface area contributed by atoms with E-state index < -0.39 is 44.6 Å². The largest absolute Gasteiger partial charge is 0.497 e. The number of β-lactam (4-membered cyclic amide) rings is 1. The third-order valence-corrected chi connectivity index (χ3v) is 8.78. The van der Waals surface area contributed by atoms with Crippen molar-refractivity contribution < 1.29 is 32.3 Å². The third kappa shape index (κ3) is 7.82. The van der Waals surface area contributed by atoms with Gasteiger partial charge in [-0.2, -0.15) is 0 Å². The highest BCUT2D eigenvalue weighted by molar-refractivity contribution is 7.91. The number of likely N-dealkylation sites (tertiary alicyclic amines) is 1. The highest BCUT2D eigenvalue weighted by atomic mass is 32.2. The number of anilines is 1. The molecule has 0 N–H and O–H groups in total. The topological polar surface area (TPSA) is 123 Å². The van der Waals surface area contributed by atoms with Gasteiger partial charge in [0.25, 0.3) is 0 Å². The molecule has 1 aromatic heterocycles. The van der Waals surface area contributed by atoms with E-state index in [-0.39, 0.29) is 31.1 Å². The molecule has 1 aliphatic heterocycles. The monoisotopic (exact) mass is 621 g/mol. The summed E-state index contributed by atoms with van der Waals surface area (Å²) < 4.78 is 36.6. The standard InChI is InChI=1S/C33H39N3O7S/c1-22(25-10-8-7-9-11-25)18-29(37)36-30(38)27(31(36)44(6,40)41)19-24-16-17-34-28(20-24)35(32(39)43-33(2,3)4)21-23-12-14-26(42-5)15-13-23/h7-17,20,22,27,31H,18-19,21H2,1-6H3/t22-,27-,31?/m0/s1. The lowest BCUT2D eigenvalue weighted by Gasteiger charge is -2.44. The molecule has 10 nitrogen and oxygen atoms in total. The highest BCUT2D eigenvalue weighted by Crippen LogP contribution is 2.36. The fourth-order valence-electron chi connectivity index (χ4n) is 5.19. The van der Waals surface area contributed by atoms with Crippen LogP contribution in [-0.2, 0) is 37.1 Å². The number of hydrogen-bond donors (Lipinski definition) is 0. The first-order valence-corrected chi connectivity index (χ1v) is 16.3. The second kappa shape index (κ2) is 13.2. The number of imide groups is 1. The second-order valence-corrected chi connectivity index (χ2v) is 14.2. The quantitative estimate of drug-likeness (QED) is 0.286. The molecule has 2 aromatic carbocycles. The van der Waals surface area contributed by atoms with Gasteiger partial charge in [-0.3, -0.25) is 19.4 Å². The third-order valence-electron chi connectivity index (χ3n) is 7.37. The Labute approximate surface area is 258 Å². The van der Waals surface area contributed by atoms with Crippen molar-refractivity contribution in [3.05, 3.63) is 89.6 Å². The molecule has 0 bridgehead atoms. The van der Waals surface area contributed by atoms with Gasteiger partial charge in [0.2, 0.25) is 11.8 Å². The molecule has 2 heterocycles. The van der Waals surface area contributed by atoms with Crippen molar-refractivity contribution >= 4 is 33.6 Å². The Morgan fingerprint density at radius 1 is 1.02 bits per heavy atom. The molecule has 1 fully saturated rings. The predicted octanol–water partition coefficient (Wildman–Crippen LogP) is 5.12. The molecule has 11 heteroatoms. The summed E-state index contributed by atoms with van der Waals surface area (Å²) in [6.07, 6.45) is 1.98. The summed E-state index contributed by atoms with van der Waals surface area (Å²) >= 11 is 0. The Bertz CT molecular complexity index is 1600. The zero-order valence-corrected chi connectivity index (χ0v) is 26.7. The number of ether oxygens (including phenoxy) is 2. The van der Waals surface area contributed by atoms with Crippen LogP contribution in [-0.4, -0.2) is 60.5 Å². The van der Waals surface area contributed by atoms with Crippen LogP contribution in [0.15, 0.2) is 72.9 Å². The zero-order valence-electron chi connectivity index (χ0n) is 25.9. The first kappa shape index (κ1) is 32.7. The summed E-state index contributed by atoms with van der Waals surface area (Å²) in [6, 6.07) is 19.9. The van der Waals surface area contributed by atoms with Crippen molar-refractivity contribution in [2.75, 3.05) is 18.3 Å². The lowest BCUT2D eigenvalue weighted by atomic mass is 9.89. The van der Waals surface area contributed by atoms with Crippen molar-refractivity contribution in [1.29, 1.82) is 0 Å². The van der Waals surface area contributed by atoms with Gasteiger partial charge in [0.05, 0.1) is 19.6 Å². The molecular weight excluding hydrogens is 582 g/mol. The Morgan fingerprint density at radius 3 is 2.27 bits per heavy atom. The molecular formula is C33H39N3O7S. The number of aromatic nitrogens is 1. The molecule has 0 spiro atoms. The van der Waals surface area contributed by atoms with Gasteiger partial charge in [0.15, 0.2) is 15.2 Å². The van der Waals surface area contributed by atoms with Crippen LogP contribution in [0.25, 0.3) is 0 Å². The van der Waals surface area contributed by atoms with Crippen LogP contribution in [0, 0.1) is 5.92 Å². The van der Waals surface area contributed by atoms with E-state index in [0.29, 0.717) is 11.3 Å². The number of sulfone groups is 1. The van der Waals surface area contributed by atoms with Crippen LogP contribution < -0.4 is 9.64 Å². The Morgan fingerprint density at radius 2 is 1.68 bits per heavy atom. The predicted molar refractivity (Wildman–Crippen MR) is 167 cm³/mol. The fourth-order valence-corrected chi connectivity index (χ4v) is 6.60. The number of methoxy groups -OCH3 is 1. The van der Waals surface area contributed by atoms with E-state index >= 15 is 0 Å². The minimum absolute atomic E-state index is 0.00407. The molecule has 3 atom stereocenters. The summed E-state index contributed by atoms with van der Waals surface area (Å²) in [6.45, 7) is 7.31. The molecule has 234 valence electrons. The molecule has 1 unspecified atom stereocenters. The van der Waals surface area contributed by atoms with Crippen molar-refractivity contribution in [3.63, 3.8) is 0 Å². The second-order valence-electron chi connectivity index (χ2n) is 12.1. The number of rotatable bonds is 10. The van der Waals surface area contributed by atoms with Gasteiger partial charge in [-0.25, -0.2) is 18.2 Å². The molecule has 1 saturated heterocycles. The van der Waals surface area contributed by atoms with E-state index in [4.69, 9.17) is 9.47 Å². The molecule has 0 aliphatic carbocycles. The lowest BCUT2D eigenvalue weighted by Crippen LogP contribution is -2.66. The number of pyridine rings is 1. The van der Waals surface area contributed by atoms with Gasteiger partial charge in [-0.15, -0.1) is 0 Å². The maximum Gasteiger partial charge on any atom is 0.416 e. The van der Waals surface area contributed by atoms with Crippen LogP contribution in [0.4, 0.5) is 10.6 Å². The average molecular weight is 622 g/mol. The van der Waals surface area contributed by atoms with E-state index in [2.05, 4.69) is 4.98 Å². The van der Waals surface area contributed by atoms with Gasteiger partial charge in [-0.05, 0) is 74.1 Å². The first-order valence-electron chi connectivity index (χ1n) is 14.4. The van der Waals surface area contributed by atoms with Gasteiger partial charge in [0, 0.05) is 18.9 Å². The van der Waals surface area contributed by atoms with E-state index in [9.17, 15) is 22.8 Å². The number of benzene rings is 2. The van der Waals surface area contributed by atoms with Crippen LogP contribution in [0.3, 0.4) is 0 Å². The molecule has 4 rings (SSSR count). The number of carbonyl (C=O) groups is 3. The van der Waals surface area contributed by atoms with Crippen LogP contribution in [0.5, 0.6) is 5.75 Å². The highest BCUT2D eigenvalue weighted by Gasteiger charge is 2.55. The summed E-state index contributed by atoms with van der Waals surface area (Å²) in [7, 11) is -2.23. The molecule has 44 heavy (non-hydrogen) atoms. The summed E-state index contributed by atoms with van der Waals surface area (Å²) in [5.41, 5.74) is 1.56. The van der Waals surface area contributed by atoms with E-state index in [1.807, 2.05) is 49.4 Å². The maximum absolute atomic E-state index is 13.3. The fraction of sp³-hybridized carbons (Fsp3) is 0.394. The van der Waals surface area contributed by atoms with Crippen molar-refractivity contribution in [2.24, 2.45) is 5.92 Å². The Balaban J connectivity index is 1.56. The van der Waals surface area contributed by atoms with E-state index in [0.717, 1.165) is 22.3 Å². The van der Waals surface area contributed by atoms with E-state index in [1.54, 1.807) is 52.1 Å². The molecule has 0 saturated carbocycles. The lowest BCUT2D eigenvalue weighted by molar-refractivity contribution is -0.161. The maximum atomic E-state index is 13.3. The van der Waals surface area contributed by atoms with Crippen molar-refractivity contribution in [2.45, 2.75) is 64.0 Å². The summed E-state index contributed by atoms with van der Waals surface area (Å²) in [4.78, 5) is 46.4. The minimum atomic E-state index is -3.80. The van der Waals surface area contributed by atoms with E-state index in [1.165, 1.54) is 11.1 Å². The number of nitrogens with zero attached hydrogens (tertiary/aromatic N) is 3. The number of amides is 3. The molecule has 0 radical (unpaired) electrons. The van der Waals surface area contributed by atoms with Crippen molar-refractivity contribution in [3.8, 4) is 5.75 Å². The van der Waals surface area contributed by atoms with Crippen molar-refractivity contribution in [1.82, 2.24) is 9.88 Å². The Hall–Kier alpha value is -4.25. The van der Waals surface area contributed by atoms with Gasteiger partial charge in [0.1, 0.15) is 17.2 Å². The SMILES string of the molecule is COc1ccc(CN(C(=O)OC(C)(C)C)c2cc(C[C@H]3C(=O)N(C(=O)C[C@H](C)c4ccccc4)C3S(C)(=O)=O)ccn2)cc1. The molecule has 1 aliphatic rings. The van der Waals surface area contributed by atoms with Crippen LogP contribution >= 0.6 is 0 Å². The summed E-state index contributed by atoms with van der Waals surface area (Å²) in [5.74, 6) is -1.25. The number of carbonyl (C=O) groups excluding carboxylic acids is 3. The first-order chi connectivity index (χ1) is 20.7. The smallest absolute Gasteiger partial charge is 0.416 e. The van der Waals surface area contributed by atoms with Crippen LogP contribution in [0.1, 0.15) is 56.7 Å². The Kier molecular flexibility index (Phi) is 9.78. The van der Waals surface area contributed by atoms with Gasteiger partial charge < -0.3 is 9.47 Å². The van der Waals surface area contributed by atoms with Crippen LogP contribution in [0.2, 0.25) is 0 Å². The molecule has 3 amide bonds. The van der Waals surface area contributed by atoms with Gasteiger partial charge in [-0.1, -0.05) is 49.4 Å². The normalized spacial score (nSPS) is 17.4. The number of hydrogen-bond acceptors (Lipinski definition) is 8. The zero-order chi connectivity index (χ0) is 32.2. The average Bonchev–Trinajstić information content (AvgIpc) is 2.96.